The Hall–Kier alpha value is -1.25. The lowest BCUT2D eigenvalue weighted by Crippen LogP contribution is -2.44. The van der Waals surface area contributed by atoms with Gasteiger partial charge in [0.15, 0.2) is 0 Å². The molecule has 1 N–H and O–H groups in total. The Kier molecular flexibility index (Phi) is 5.60. The first-order chi connectivity index (χ1) is 11.9. The Morgan fingerprint density at radius 2 is 2.32 bits per heavy atom. The lowest BCUT2D eigenvalue weighted by Gasteiger charge is -2.22. The maximum atomic E-state index is 12.7. The number of furan rings is 1. The van der Waals surface area contributed by atoms with E-state index in [4.69, 9.17) is 16.6 Å². The first kappa shape index (κ1) is 18.5. The van der Waals surface area contributed by atoms with Crippen LogP contribution in [0, 0.1) is 5.92 Å². The topological polar surface area (TPSA) is 70.8 Å². The van der Waals surface area contributed by atoms with Crippen LogP contribution < -0.4 is 0 Å². The molecule has 0 aromatic carbocycles. The van der Waals surface area contributed by atoms with Crippen LogP contribution in [0.2, 0.25) is 0 Å². The maximum Gasteiger partial charge on any atom is 0.326 e. The minimum absolute atomic E-state index is 0.285. The average molecular weight is 398 g/mol. The number of thiocarbonyl (C=S) groups is 1. The molecule has 1 aromatic rings. The maximum absolute atomic E-state index is 12.7. The van der Waals surface area contributed by atoms with Gasteiger partial charge in [0.25, 0.3) is 5.91 Å². The van der Waals surface area contributed by atoms with Crippen LogP contribution in [0.25, 0.3) is 6.08 Å². The van der Waals surface area contributed by atoms with E-state index in [1.165, 1.54) is 4.90 Å². The van der Waals surface area contributed by atoms with Gasteiger partial charge in [0.05, 0.1) is 4.91 Å². The van der Waals surface area contributed by atoms with Crippen molar-refractivity contribution in [1.29, 1.82) is 0 Å². The van der Waals surface area contributed by atoms with E-state index in [0.717, 1.165) is 23.9 Å². The minimum Gasteiger partial charge on any atom is -0.480 e. The minimum atomic E-state index is -1.03. The van der Waals surface area contributed by atoms with E-state index >= 15 is 0 Å². The first-order valence-electron chi connectivity index (χ1n) is 8.01. The number of aliphatic carboxylic acids is 1. The third kappa shape index (κ3) is 3.96. The van der Waals surface area contributed by atoms with Crippen LogP contribution in [0.5, 0.6) is 0 Å². The molecule has 1 amide bonds. The predicted octanol–water partition coefficient (Wildman–Crippen LogP) is 3.81. The molecule has 1 saturated heterocycles. The zero-order chi connectivity index (χ0) is 18.1. The largest absolute Gasteiger partial charge is 0.480 e. The van der Waals surface area contributed by atoms with E-state index in [1.807, 2.05) is 18.4 Å². The third-order valence-corrected chi connectivity index (χ3v) is 6.39. The summed E-state index contributed by atoms with van der Waals surface area (Å²) in [6.07, 6.45) is 5.05. The van der Waals surface area contributed by atoms with Crippen LogP contribution in [-0.4, -0.2) is 44.3 Å². The predicted molar refractivity (Wildman–Crippen MR) is 105 cm³/mol. The highest BCUT2D eigenvalue weighted by atomic mass is 32.2. The van der Waals surface area contributed by atoms with Gasteiger partial charge in [-0.25, -0.2) is 4.79 Å². The Morgan fingerprint density at radius 1 is 1.60 bits per heavy atom. The number of hydrogen-bond donors (Lipinski definition) is 1. The van der Waals surface area contributed by atoms with Crippen molar-refractivity contribution in [2.45, 2.75) is 31.7 Å². The molecule has 0 bridgehead atoms. The van der Waals surface area contributed by atoms with Crippen molar-refractivity contribution >= 4 is 58.0 Å². The molecule has 0 radical (unpaired) electrons. The lowest BCUT2D eigenvalue weighted by molar-refractivity contribution is -0.145. The van der Waals surface area contributed by atoms with Gasteiger partial charge in [0.1, 0.15) is 21.9 Å². The van der Waals surface area contributed by atoms with Gasteiger partial charge in [-0.2, -0.15) is 11.8 Å². The highest BCUT2D eigenvalue weighted by Crippen LogP contribution is 2.47. The second-order valence-corrected chi connectivity index (χ2v) is 8.91. The number of nitrogens with zero attached hydrogens (tertiary/aromatic N) is 1. The molecule has 3 rings (SSSR count). The molecule has 2 aliphatic rings. The summed E-state index contributed by atoms with van der Waals surface area (Å²) in [4.78, 5) is 25.9. The van der Waals surface area contributed by atoms with Crippen LogP contribution in [0.1, 0.15) is 37.2 Å². The van der Waals surface area contributed by atoms with Crippen molar-refractivity contribution in [1.82, 2.24) is 4.90 Å². The number of carbonyl (C=O) groups is 2. The fraction of sp³-hybridized carbons (Fsp3) is 0.471. The summed E-state index contributed by atoms with van der Waals surface area (Å²) in [6.45, 7) is 2.18. The molecule has 2 fully saturated rings. The van der Waals surface area contributed by atoms with Crippen molar-refractivity contribution in [3.8, 4) is 0 Å². The normalized spacial score (nSPS) is 25.7. The van der Waals surface area contributed by atoms with Crippen LogP contribution in [-0.2, 0) is 9.59 Å². The van der Waals surface area contributed by atoms with E-state index in [0.29, 0.717) is 34.7 Å². The number of carboxylic acids is 1. The van der Waals surface area contributed by atoms with Gasteiger partial charge < -0.3 is 9.52 Å². The van der Waals surface area contributed by atoms with Crippen molar-refractivity contribution in [3.63, 3.8) is 0 Å². The summed E-state index contributed by atoms with van der Waals surface area (Å²) in [6, 6.07) is 2.86. The summed E-state index contributed by atoms with van der Waals surface area (Å²) in [5, 5.41) is 9.46. The van der Waals surface area contributed by atoms with Crippen LogP contribution in [0.3, 0.4) is 0 Å². The second-order valence-electron chi connectivity index (χ2n) is 6.25. The highest BCUT2D eigenvalue weighted by Gasteiger charge is 2.40. The van der Waals surface area contributed by atoms with Crippen molar-refractivity contribution in [2.24, 2.45) is 5.92 Å². The standard InChI is InChI=1S/C17H19NO4S3/c1-9-7-11(9)13-4-3-10(22-13)8-14-15(19)18(17(23)25-14)12(16(20)21)5-6-24-2/h3-4,8-9,11-12H,5-7H2,1-2H3,(H,20,21)/b14-8-/t9-,11-,12-/m1/s1. The molecule has 0 unspecified atom stereocenters. The molecular formula is C17H19NO4S3. The fourth-order valence-electron chi connectivity index (χ4n) is 2.83. The summed E-state index contributed by atoms with van der Waals surface area (Å²) in [7, 11) is 0. The molecule has 1 aromatic heterocycles. The van der Waals surface area contributed by atoms with E-state index < -0.39 is 12.0 Å². The molecule has 3 atom stereocenters. The molecule has 1 aliphatic heterocycles. The van der Waals surface area contributed by atoms with Gasteiger partial charge in [0.2, 0.25) is 0 Å². The molecule has 1 saturated carbocycles. The summed E-state index contributed by atoms with van der Waals surface area (Å²) < 4.78 is 6.09. The molecule has 5 nitrogen and oxygen atoms in total. The highest BCUT2D eigenvalue weighted by molar-refractivity contribution is 8.26. The van der Waals surface area contributed by atoms with Gasteiger partial charge >= 0.3 is 5.97 Å². The molecule has 25 heavy (non-hydrogen) atoms. The molecule has 0 spiro atoms. The van der Waals surface area contributed by atoms with Crippen LogP contribution >= 0.6 is 35.7 Å². The van der Waals surface area contributed by atoms with E-state index in [9.17, 15) is 14.7 Å². The van der Waals surface area contributed by atoms with Crippen LogP contribution in [0.4, 0.5) is 0 Å². The van der Waals surface area contributed by atoms with Gasteiger partial charge in [0, 0.05) is 12.0 Å². The van der Waals surface area contributed by atoms with Gasteiger partial charge in [-0.3, -0.25) is 9.69 Å². The molecule has 2 heterocycles. The number of thioether (sulfide) groups is 2. The number of amides is 1. The molecule has 8 heteroatoms. The monoisotopic (exact) mass is 397 g/mol. The second kappa shape index (κ2) is 7.55. The first-order valence-corrected chi connectivity index (χ1v) is 10.6. The number of hydrogen-bond acceptors (Lipinski definition) is 6. The van der Waals surface area contributed by atoms with Crippen LogP contribution in [0.15, 0.2) is 21.5 Å². The molecule has 134 valence electrons. The van der Waals surface area contributed by atoms with Gasteiger partial charge in [-0.05, 0) is 42.9 Å². The zero-order valence-electron chi connectivity index (χ0n) is 13.9. The Morgan fingerprint density at radius 3 is 2.92 bits per heavy atom. The molecular weight excluding hydrogens is 378 g/mol. The Bertz CT molecular complexity index is 742. The van der Waals surface area contributed by atoms with Crippen molar-refractivity contribution < 1.29 is 19.1 Å². The summed E-state index contributed by atoms with van der Waals surface area (Å²) in [5.41, 5.74) is 0. The fourth-order valence-corrected chi connectivity index (χ4v) is 4.63. The van der Waals surface area contributed by atoms with E-state index in [1.54, 1.807) is 17.8 Å². The van der Waals surface area contributed by atoms with Crippen molar-refractivity contribution in [2.75, 3.05) is 12.0 Å². The summed E-state index contributed by atoms with van der Waals surface area (Å²) >= 11 is 7.93. The zero-order valence-corrected chi connectivity index (χ0v) is 16.4. The number of rotatable bonds is 7. The van der Waals surface area contributed by atoms with Gasteiger partial charge in [-0.1, -0.05) is 30.9 Å². The Balaban J connectivity index is 1.77. The van der Waals surface area contributed by atoms with Gasteiger partial charge in [-0.15, -0.1) is 0 Å². The van der Waals surface area contributed by atoms with Crippen molar-refractivity contribution in [3.05, 3.63) is 28.6 Å². The molecule has 1 aliphatic carbocycles. The smallest absolute Gasteiger partial charge is 0.326 e. The number of carboxylic acid groups (broad SMARTS) is 1. The lowest BCUT2D eigenvalue weighted by atomic mass is 10.2. The van der Waals surface area contributed by atoms with E-state index in [2.05, 4.69) is 6.92 Å². The summed E-state index contributed by atoms with van der Waals surface area (Å²) in [5.74, 6) is 1.91. The third-order valence-electron chi connectivity index (χ3n) is 4.41. The quantitative estimate of drug-likeness (QED) is 0.554. The number of carbonyl (C=O) groups excluding carboxylic acids is 1. The van der Waals surface area contributed by atoms with E-state index in [-0.39, 0.29) is 10.2 Å². The SMILES string of the molecule is CSCC[C@H](C(=O)O)N1C(=O)/C(=C/c2ccc([C@@H]3C[C@H]3C)o2)SC1=S. The average Bonchev–Trinajstić information content (AvgIpc) is 3.00. The Labute approximate surface area is 160 Å².